The second-order valence-electron chi connectivity index (χ2n) is 14.3. The Morgan fingerprint density at radius 2 is 1.50 bits per heavy atom. The van der Waals surface area contributed by atoms with Gasteiger partial charge in [0.25, 0.3) is 0 Å². The van der Waals surface area contributed by atoms with E-state index in [1.807, 2.05) is 54.6 Å². The normalized spacial score (nSPS) is 17.2. The van der Waals surface area contributed by atoms with Crippen molar-refractivity contribution in [2.45, 2.75) is 50.4 Å². The Morgan fingerprint density at radius 1 is 0.833 bits per heavy atom. The number of anilines is 1. The van der Waals surface area contributed by atoms with Gasteiger partial charge in [0.2, 0.25) is 0 Å². The molecule has 1 aromatic heterocycles. The SMILES string of the molecule is CN(c1nc2ccccc2s1)C1CCN(C[C@H](O)COc2ccc(F)c(F)c2)CC1.OC(CN1CCC(Cc2ccc(F)cc2)CC1)c1ccc(Cl)cc1. The average Bonchev–Trinajstić information content (AvgIpc) is 3.62. The molecule has 3 heterocycles. The maximum Gasteiger partial charge on any atom is 0.186 e. The van der Waals surface area contributed by atoms with Gasteiger partial charge in [-0.3, -0.25) is 0 Å². The van der Waals surface area contributed by atoms with Crippen molar-refractivity contribution in [3.63, 3.8) is 0 Å². The molecule has 288 valence electrons. The predicted octanol–water partition coefficient (Wildman–Crippen LogP) is 8.38. The van der Waals surface area contributed by atoms with E-state index in [9.17, 15) is 23.4 Å². The molecule has 54 heavy (non-hydrogen) atoms. The molecule has 0 spiro atoms. The van der Waals surface area contributed by atoms with Crippen LogP contribution in [0.5, 0.6) is 5.75 Å². The Balaban J connectivity index is 0.000000189. The zero-order valence-corrected chi connectivity index (χ0v) is 32.0. The molecule has 2 atom stereocenters. The third-order valence-electron chi connectivity index (χ3n) is 10.3. The molecule has 2 fully saturated rings. The van der Waals surface area contributed by atoms with Crippen LogP contribution in [0.15, 0.2) is 91.0 Å². The summed E-state index contributed by atoms with van der Waals surface area (Å²) in [7, 11) is 2.10. The van der Waals surface area contributed by atoms with Crippen molar-refractivity contribution in [3.8, 4) is 5.75 Å². The number of likely N-dealkylation sites (tertiary alicyclic amines) is 2. The number of β-amino-alcohol motifs (C(OH)–C–C–N with tert-alkyl or cyclic N) is 2. The van der Waals surface area contributed by atoms with Crippen LogP contribution in [0.1, 0.15) is 42.9 Å². The molecule has 12 heteroatoms. The predicted molar refractivity (Wildman–Crippen MR) is 211 cm³/mol. The van der Waals surface area contributed by atoms with E-state index in [1.54, 1.807) is 11.3 Å². The van der Waals surface area contributed by atoms with Crippen molar-refractivity contribution in [2.24, 2.45) is 5.92 Å². The summed E-state index contributed by atoms with van der Waals surface area (Å²) in [6.45, 7) is 4.93. The number of thiazole rings is 1. The number of halogens is 4. The van der Waals surface area contributed by atoms with E-state index in [2.05, 4.69) is 27.8 Å². The number of fused-ring (bicyclic) bond motifs is 1. The molecule has 2 aliphatic rings. The number of aliphatic hydroxyl groups is 2. The quantitative estimate of drug-likeness (QED) is 0.132. The van der Waals surface area contributed by atoms with Crippen LogP contribution in [0.3, 0.4) is 0 Å². The molecular formula is C42H48ClF3N4O3S. The van der Waals surface area contributed by atoms with E-state index in [0.29, 0.717) is 30.1 Å². The van der Waals surface area contributed by atoms with Crippen molar-refractivity contribution in [2.75, 3.05) is 57.8 Å². The summed E-state index contributed by atoms with van der Waals surface area (Å²) < 4.78 is 45.7. The standard InChI is InChI=1S/C22H25F2N3O2S.C20H23ClFNO/c1-26(22-25-20-4-2-3-5-21(20)30-22)15-8-10-27(11-9-15)13-16(28)14-29-17-6-7-18(23)19(24)12-17;21-18-5-3-17(4-6-18)20(24)14-23-11-9-16(10-12-23)13-15-1-7-19(22)8-2-15/h2-7,12,15-16,28H,8-11,13-14H2,1H3;1-8,16,20,24H,9-14H2/t16-;/m0./s1. The van der Waals surface area contributed by atoms with Gasteiger partial charge < -0.3 is 29.6 Å². The Morgan fingerprint density at radius 3 is 2.19 bits per heavy atom. The van der Waals surface area contributed by atoms with Crippen molar-refractivity contribution in [1.29, 1.82) is 0 Å². The lowest BCUT2D eigenvalue weighted by Gasteiger charge is -2.37. The summed E-state index contributed by atoms with van der Waals surface area (Å²) >= 11 is 7.60. The fourth-order valence-electron chi connectivity index (χ4n) is 7.13. The number of hydrogen-bond donors (Lipinski definition) is 2. The minimum Gasteiger partial charge on any atom is -0.491 e. The fraction of sp³-hybridized carbons (Fsp3) is 0.405. The molecule has 2 aliphatic heterocycles. The molecular weight excluding hydrogens is 733 g/mol. The molecule has 0 radical (unpaired) electrons. The van der Waals surface area contributed by atoms with Gasteiger partial charge >= 0.3 is 0 Å². The molecule has 4 aromatic carbocycles. The maximum absolute atomic E-state index is 13.2. The fourth-order valence-corrected chi connectivity index (χ4v) is 8.25. The van der Waals surface area contributed by atoms with Gasteiger partial charge in [0, 0.05) is 50.4 Å². The molecule has 2 N–H and O–H groups in total. The molecule has 7 nitrogen and oxygen atoms in total. The Bertz CT molecular complexity index is 1870. The van der Waals surface area contributed by atoms with E-state index in [1.165, 1.54) is 28.5 Å². The van der Waals surface area contributed by atoms with E-state index < -0.39 is 23.8 Å². The van der Waals surface area contributed by atoms with Crippen molar-refractivity contribution in [1.82, 2.24) is 14.8 Å². The average molecular weight is 781 g/mol. The summed E-state index contributed by atoms with van der Waals surface area (Å²) in [5.41, 5.74) is 3.15. The van der Waals surface area contributed by atoms with Crippen molar-refractivity contribution >= 4 is 38.3 Å². The first-order valence-electron chi connectivity index (χ1n) is 18.6. The molecule has 0 amide bonds. The third-order valence-corrected chi connectivity index (χ3v) is 11.7. The van der Waals surface area contributed by atoms with Gasteiger partial charge in [0.1, 0.15) is 24.3 Å². The zero-order valence-electron chi connectivity index (χ0n) is 30.5. The van der Waals surface area contributed by atoms with Crippen LogP contribution in [0, 0.1) is 23.4 Å². The molecule has 1 unspecified atom stereocenters. The second kappa shape index (κ2) is 19.2. The number of piperidine rings is 2. The summed E-state index contributed by atoms with van der Waals surface area (Å²) in [5, 5.41) is 22.4. The van der Waals surface area contributed by atoms with Crippen molar-refractivity contribution in [3.05, 3.63) is 125 Å². The van der Waals surface area contributed by atoms with Crippen LogP contribution in [0.25, 0.3) is 10.2 Å². The first kappa shape index (κ1) is 40.0. The highest BCUT2D eigenvalue weighted by Crippen LogP contribution is 2.31. The number of ether oxygens (including phenoxy) is 1. The highest BCUT2D eigenvalue weighted by Gasteiger charge is 2.26. The summed E-state index contributed by atoms with van der Waals surface area (Å²) in [6, 6.07) is 26.2. The van der Waals surface area contributed by atoms with Crippen molar-refractivity contribution < 1.29 is 28.1 Å². The highest BCUT2D eigenvalue weighted by atomic mass is 35.5. The number of hydrogen-bond acceptors (Lipinski definition) is 8. The van der Waals surface area contributed by atoms with Crippen LogP contribution >= 0.6 is 22.9 Å². The molecule has 7 rings (SSSR count). The van der Waals surface area contributed by atoms with Crippen LogP contribution in [-0.4, -0.2) is 90.1 Å². The number of aromatic nitrogens is 1. The molecule has 5 aromatic rings. The van der Waals surface area contributed by atoms with Crippen LogP contribution in [-0.2, 0) is 6.42 Å². The lowest BCUT2D eigenvalue weighted by Crippen LogP contribution is -2.46. The molecule has 2 saturated heterocycles. The minimum atomic E-state index is -0.957. The van der Waals surface area contributed by atoms with Gasteiger partial charge in [-0.1, -0.05) is 59.3 Å². The van der Waals surface area contributed by atoms with Gasteiger partial charge in [-0.2, -0.15) is 0 Å². The van der Waals surface area contributed by atoms with Crippen LogP contribution in [0.2, 0.25) is 5.02 Å². The number of nitrogens with zero attached hydrogens (tertiary/aromatic N) is 4. The first-order valence-corrected chi connectivity index (χ1v) is 19.8. The Hall–Kier alpha value is -3.71. The number of para-hydroxylation sites is 1. The first-order chi connectivity index (χ1) is 26.1. The van der Waals surface area contributed by atoms with Gasteiger partial charge in [-0.05, 0) is 111 Å². The monoisotopic (exact) mass is 780 g/mol. The summed E-state index contributed by atoms with van der Waals surface area (Å²) in [6.07, 6.45) is 4.04. The lowest BCUT2D eigenvalue weighted by atomic mass is 9.90. The Kier molecular flexibility index (Phi) is 14.2. The minimum absolute atomic E-state index is 0.0383. The molecule has 0 saturated carbocycles. The lowest BCUT2D eigenvalue weighted by molar-refractivity contribution is 0.0593. The third kappa shape index (κ3) is 11.4. The molecule has 0 aliphatic carbocycles. The van der Waals surface area contributed by atoms with Gasteiger partial charge in [0.05, 0.1) is 16.3 Å². The van der Waals surface area contributed by atoms with E-state index in [-0.39, 0.29) is 18.2 Å². The van der Waals surface area contributed by atoms with E-state index in [0.717, 1.165) is 86.6 Å². The van der Waals surface area contributed by atoms with Gasteiger partial charge in [-0.15, -0.1) is 0 Å². The highest BCUT2D eigenvalue weighted by molar-refractivity contribution is 7.22. The number of rotatable bonds is 12. The van der Waals surface area contributed by atoms with Crippen LogP contribution < -0.4 is 9.64 Å². The topological polar surface area (TPSA) is 72.3 Å². The summed E-state index contributed by atoms with van der Waals surface area (Å²) in [5.74, 6) is -1.20. The smallest absolute Gasteiger partial charge is 0.186 e. The number of benzene rings is 4. The zero-order chi connectivity index (χ0) is 38.0. The van der Waals surface area contributed by atoms with Gasteiger partial charge in [0.15, 0.2) is 16.8 Å². The van der Waals surface area contributed by atoms with Gasteiger partial charge in [-0.25, -0.2) is 18.2 Å². The number of aliphatic hydroxyl groups excluding tert-OH is 2. The maximum atomic E-state index is 13.2. The van der Waals surface area contributed by atoms with Crippen LogP contribution in [0.4, 0.5) is 18.3 Å². The van der Waals surface area contributed by atoms with E-state index >= 15 is 0 Å². The largest absolute Gasteiger partial charge is 0.491 e. The Labute approximate surface area is 324 Å². The molecule has 0 bridgehead atoms. The van der Waals surface area contributed by atoms with E-state index in [4.69, 9.17) is 21.3 Å². The summed E-state index contributed by atoms with van der Waals surface area (Å²) in [4.78, 5) is 11.5. The second-order valence-corrected chi connectivity index (χ2v) is 15.7.